The van der Waals surface area contributed by atoms with Gasteiger partial charge in [0, 0.05) is 50.7 Å². The third-order valence-corrected chi connectivity index (χ3v) is 5.26. The Hall–Kier alpha value is -0.870. The lowest BCUT2D eigenvalue weighted by molar-refractivity contribution is 0.0900. The van der Waals surface area contributed by atoms with Crippen LogP contribution in [0.4, 0.5) is 0 Å². The average Bonchev–Trinajstić information content (AvgIpc) is 3.10. The van der Waals surface area contributed by atoms with Crippen LogP contribution in [0, 0.1) is 5.92 Å². The molecule has 1 aromatic rings. The number of rotatable bonds is 7. The van der Waals surface area contributed by atoms with Gasteiger partial charge in [-0.1, -0.05) is 34.6 Å². The maximum absolute atomic E-state index is 5.86. The summed E-state index contributed by atoms with van der Waals surface area (Å²) in [4.78, 5) is 14.1. The first kappa shape index (κ1) is 26.2. The number of oxazole rings is 1. The molecule has 0 bridgehead atoms. The van der Waals surface area contributed by atoms with Gasteiger partial charge in [-0.25, -0.2) is 9.98 Å². The topological polar surface area (TPSA) is 68.9 Å². The highest BCUT2D eigenvalue weighted by atomic mass is 127. The van der Waals surface area contributed by atoms with Crippen molar-refractivity contribution < 1.29 is 4.42 Å². The Morgan fingerprint density at radius 1 is 1.21 bits per heavy atom. The maximum Gasteiger partial charge on any atom is 0.216 e. The predicted molar refractivity (Wildman–Crippen MR) is 131 cm³/mol. The minimum Gasteiger partial charge on any atom is -0.443 e. The lowest BCUT2D eigenvalue weighted by Gasteiger charge is -2.40. The maximum atomic E-state index is 5.86. The average molecular weight is 521 g/mol. The van der Waals surface area contributed by atoms with Crippen molar-refractivity contribution >= 4 is 29.9 Å². The van der Waals surface area contributed by atoms with Crippen LogP contribution < -0.4 is 10.6 Å². The number of hydrogen-bond donors (Lipinski definition) is 2. The highest BCUT2D eigenvalue weighted by molar-refractivity contribution is 14.0. The van der Waals surface area contributed by atoms with E-state index in [1.165, 1.54) is 0 Å². The van der Waals surface area contributed by atoms with Gasteiger partial charge >= 0.3 is 0 Å². The third-order valence-electron chi connectivity index (χ3n) is 5.26. The molecule has 8 heteroatoms. The standard InChI is InChI=1S/C21H40N6O.HI/c1-8-22-20(25-15-19-23-14-18(28-19)21(4,5)6)24-13-17(16(2)3)27-11-9-26(7)10-12-27;/h14,16-17H,8-13,15H2,1-7H3,(H2,22,24,25);1H. The van der Waals surface area contributed by atoms with E-state index in [2.05, 4.69) is 79.0 Å². The summed E-state index contributed by atoms with van der Waals surface area (Å²) in [7, 11) is 2.20. The van der Waals surface area contributed by atoms with Gasteiger partial charge in [0.05, 0.1) is 6.20 Å². The number of halogens is 1. The highest BCUT2D eigenvalue weighted by Gasteiger charge is 2.25. The molecule has 1 unspecified atom stereocenters. The molecular weight excluding hydrogens is 479 g/mol. The van der Waals surface area contributed by atoms with Crippen molar-refractivity contribution in [2.45, 2.75) is 59.5 Å². The number of aliphatic imine (C=N–C) groups is 1. The van der Waals surface area contributed by atoms with Crippen molar-refractivity contribution in [2.75, 3.05) is 46.3 Å². The zero-order valence-electron chi connectivity index (χ0n) is 19.3. The number of aromatic nitrogens is 1. The summed E-state index contributed by atoms with van der Waals surface area (Å²) in [6, 6.07) is 0.492. The Kier molecular flexibility index (Phi) is 10.9. The van der Waals surface area contributed by atoms with Crippen LogP contribution in [0.1, 0.15) is 53.2 Å². The fourth-order valence-electron chi connectivity index (χ4n) is 3.36. The van der Waals surface area contributed by atoms with E-state index in [9.17, 15) is 0 Å². The number of nitrogens with zero attached hydrogens (tertiary/aromatic N) is 4. The van der Waals surface area contributed by atoms with Gasteiger partial charge in [-0.05, 0) is 19.9 Å². The molecule has 0 radical (unpaired) electrons. The van der Waals surface area contributed by atoms with Crippen LogP contribution >= 0.6 is 24.0 Å². The first-order valence-electron chi connectivity index (χ1n) is 10.6. The summed E-state index contributed by atoms with van der Waals surface area (Å²) in [5.74, 6) is 2.95. The Morgan fingerprint density at radius 2 is 1.86 bits per heavy atom. The van der Waals surface area contributed by atoms with Gasteiger partial charge in [0.15, 0.2) is 5.96 Å². The van der Waals surface area contributed by atoms with Crippen LogP contribution in [0.15, 0.2) is 15.6 Å². The van der Waals surface area contributed by atoms with Crippen LogP contribution in [0.3, 0.4) is 0 Å². The summed E-state index contributed by atoms with van der Waals surface area (Å²) in [5.41, 5.74) is -0.0370. The first-order chi connectivity index (χ1) is 13.2. The summed E-state index contributed by atoms with van der Waals surface area (Å²) < 4.78 is 5.86. The number of likely N-dealkylation sites (N-methyl/N-ethyl adjacent to an activating group) is 1. The molecule has 1 aromatic heterocycles. The van der Waals surface area contributed by atoms with E-state index in [1.807, 2.05) is 6.20 Å². The molecule has 7 nitrogen and oxygen atoms in total. The second-order valence-electron chi connectivity index (χ2n) is 9.09. The Balaban J connectivity index is 0.00000420. The molecule has 0 saturated carbocycles. The number of hydrogen-bond acceptors (Lipinski definition) is 5. The quantitative estimate of drug-likeness (QED) is 0.328. The fourth-order valence-corrected chi connectivity index (χ4v) is 3.36. The van der Waals surface area contributed by atoms with Crippen LogP contribution in [0.5, 0.6) is 0 Å². The van der Waals surface area contributed by atoms with Gasteiger partial charge < -0.3 is 20.0 Å². The summed E-state index contributed by atoms with van der Waals surface area (Å²) in [6.07, 6.45) is 1.81. The molecule has 0 spiro atoms. The zero-order valence-corrected chi connectivity index (χ0v) is 21.6. The summed E-state index contributed by atoms with van der Waals surface area (Å²) in [6.45, 7) is 19.7. The van der Waals surface area contributed by atoms with Crippen molar-refractivity contribution in [1.82, 2.24) is 25.4 Å². The van der Waals surface area contributed by atoms with Crippen molar-refractivity contribution in [3.05, 3.63) is 17.8 Å². The minimum absolute atomic E-state index is 0. The molecule has 1 aliphatic heterocycles. The van der Waals surface area contributed by atoms with Crippen LogP contribution in [0.25, 0.3) is 0 Å². The molecule has 1 aliphatic rings. The minimum atomic E-state index is -0.0370. The van der Waals surface area contributed by atoms with E-state index < -0.39 is 0 Å². The Morgan fingerprint density at radius 3 is 2.38 bits per heavy atom. The molecular formula is C21H41IN6O. The van der Waals surface area contributed by atoms with E-state index >= 15 is 0 Å². The monoisotopic (exact) mass is 520 g/mol. The van der Waals surface area contributed by atoms with E-state index in [0.29, 0.717) is 24.4 Å². The van der Waals surface area contributed by atoms with E-state index in [4.69, 9.17) is 4.42 Å². The third kappa shape index (κ3) is 8.41. The second-order valence-corrected chi connectivity index (χ2v) is 9.09. The molecule has 0 aromatic carbocycles. The predicted octanol–water partition coefficient (Wildman–Crippen LogP) is 2.92. The number of nitrogens with one attached hydrogen (secondary N) is 2. The van der Waals surface area contributed by atoms with Crippen molar-refractivity contribution in [3.8, 4) is 0 Å². The van der Waals surface area contributed by atoms with Crippen molar-refractivity contribution in [2.24, 2.45) is 10.9 Å². The van der Waals surface area contributed by atoms with Crippen molar-refractivity contribution in [1.29, 1.82) is 0 Å². The molecule has 2 rings (SSSR count). The zero-order chi connectivity index (χ0) is 20.7. The Bertz CT molecular complexity index is 617. The molecule has 1 saturated heterocycles. The van der Waals surface area contributed by atoms with Crippen molar-refractivity contribution in [3.63, 3.8) is 0 Å². The van der Waals surface area contributed by atoms with Crippen LogP contribution in [0.2, 0.25) is 0 Å². The lowest BCUT2D eigenvalue weighted by Crippen LogP contribution is -2.55. The van der Waals surface area contributed by atoms with E-state index in [-0.39, 0.29) is 29.4 Å². The second kappa shape index (κ2) is 12.1. The van der Waals surface area contributed by atoms with E-state index in [1.54, 1.807) is 0 Å². The molecule has 1 atom stereocenters. The highest BCUT2D eigenvalue weighted by Crippen LogP contribution is 2.22. The molecule has 1 fully saturated rings. The summed E-state index contributed by atoms with van der Waals surface area (Å²) in [5, 5.41) is 6.87. The smallest absolute Gasteiger partial charge is 0.216 e. The van der Waals surface area contributed by atoms with Gasteiger partial charge in [-0.2, -0.15) is 0 Å². The molecule has 2 N–H and O–H groups in total. The van der Waals surface area contributed by atoms with Gasteiger partial charge in [0.25, 0.3) is 0 Å². The van der Waals surface area contributed by atoms with Crippen LogP contribution in [-0.4, -0.2) is 73.1 Å². The van der Waals surface area contributed by atoms with Gasteiger partial charge in [-0.15, -0.1) is 24.0 Å². The fraction of sp³-hybridized carbons (Fsp3) is 0.810. The molecule has 29 heavy (non-hydrogen) atoms. The normalized spacial score (nSPS) is 17.9. The van der Waals surface area contributed by atoms with Crippen LogP contribution in [-0.2, 0) is 12.0 Å². The largest absolute Gasteiger partial charge is 0.443 e. The number of piperazine rings is 1. The number of guanidine groups is 1. The van der Waals surface area contributed by atoms with E-state index in [0.717, 1.165) is 51.0 Å². The molecule has 2 heterocycles. The summed E-state index contributed by atoms with van der Waals surface area (Å²) >= 11 is 0. The Labute approximate surface area is 194 Å². The lowest BCUT2D eigenvalue weighted by atomic mass is 9.94. The van der Waals surface area contributed by atoms with Gasteiger partial charge in [-0.3, -0.25) is 4.90 Å². The van der Waals surface area contributed by atoms with Gasteiger partial charge in [0.1, 0.15) is 12.3 Å². The molecule has 0 aliphatic carbocycles. The first-order valence-corrected chi connectivity index (χ1v) is 10.6. The molecule has 0 amide bonds. The SMILES string of the molecule is CCNC(=NCc1ncc(C(C)(C)C)o1)NCC(C(C)C)N1CCN(C)CC1.I. The molecule has 168 valence electrons. The van der Waals surface area contributed by atoms with Gasteiger partial charge in [0.2, 0.25) is 5.89 Å².